The van der Waals surface area contributed by atoms with Gasteiger partial charge in [-0.1, -0.05) is 35.5 Å². The van der Waals surface area contributed by atoms with Gasteiger partial charge in [-0.05, 0) is 52.1 Å². The fraction of sp³-hybridized carbons (Fsp3) is 0.120. The van der Waals surface area contributed by atoms with Crippen molar-refractivity contribution in [2.45, 2.75) is 19.5 Å². The Balaban J connectivity index is 1.45. The molecule has 0 saturated carbocycles. The fourth-order valence-electron chi connectivity index (χ4n) is 4.53. The summed E-state index contributed by atoms with van der Waals surface area (Å²) in [4.78, 5) is 23.8. The van der Waals surface area contributed by atoms with Crippen molar-refractivity contribution in [2.75, 3.05) is 5.73 Å². The number of fused-ring (bicyclic) bond motifs is 2. The molecule has 0 atom stereocenters. The molecule has 5 aromatic rings. The summed E-state index contributed by atoms with van der Waals surface area (Å²) in [6.45, 7) is 0.913. The number of tetrazole rings is 1. The first-order valence-electron chi connectivity index (χ1n) is 11.1. The highest BCUT2D eigenvalue weighted by Crippen LogP contribution is 2.32. The Hall–Kier alpha value is -4.80. The summed E-state index contributed by atoms with van der Waals surface area (Å²) < 4.78 is 28.4. The summed E-state index contributed by atoms with van der Waals surface area (Å²) in [6, 6.07) is 15.1. The van der Waals surface area contributed by atoms with Crippen molar-refractivity contribution in [3.8, 4) is 11.1 Å². The zero-order valence-corrected chi connectivity index (χ0v) is 18.7. The lowest BCUT2D eigenvalue weighted by molar-refractivity contribution is 0.0747. The minimum atomic E-state index is -0.998. The molecule has 0 aliphatic carbocycles. The van der Waals surface area contributed by atoms with Crippen molar-refractivity contribution in [1.29, 1.82) is 0 Å². The average Bonchev–Trinajstić information content (AvgIpc) is 3.55. The summed E-state index contributed by atoms with van der Waals surface area (Å²) in [5.41, 5.74) is 10.1. The van der Waals surface area contributed by atoms with E-state index in [2.05, 4.69) is 30.6 Å². The van der Waals surface area contributed by atoms with Gasteiger partial charge in [-0.15, -0.1) is 10.2 Å². The van der Waals surface area contributed by atoms with Crippen LogP contribution in [0.2, 0.25) is 0 Å². The molecule has 11 heteroatoms. The van der Waals surface area contributed by atoms with Crippen molar-refractivity contribution in [2.24, 2.45) is 0 Å². The SMILES string of the molecule is Nc1nc(C(=O)N2Cc3ccccc3C2)c2cc(-c3cc(F)c(F)cc3Cc3nn[nH]n3)ccc2n1. The van der Waals surface area contributed by atoms with Gasteiger partial charge in [-0.3, -0.25) is 4.79 Å². The highest BCUT2D eigenvalue weighted by molar-refractivity contribution is 6.06. The molecule has 36 heavy (non-hydrogen) atoms. The van der Waals surface area contributed by atoms with Crippen LogP contribution >= 0.6 is 0 Å². The molecule has 0 saturated heterocycles. The largest absolute Gasteiger partial charge is 0.368 e. The molecule has 1 aliphatic heterocycles. The molecule has 0 unspecified atom stereocenters. The predicted molar refractivity (Wildman–Crippen MR) is 126 cm³/mol. The van der Waals surface area contributed by atoms with Crippen LogP contribution in [0.25, 0.3) is 22.0 Å². The van der Waals surface area contributed by atoms with Gasteiger partial charge < -0.3 is 10.6 Å². The smallest absolute Gasteiger partial charge is 0.273 e. The first-order chi connectivity index (χ1) is 17.5. The van der Waals surface area contributed by atoms with Gasteiger partial charge in [0.15, 0.2) is 17.5 Å². The molecule has 0 spiro atoms. The third-order valence-electron chi connectivity index (χ3n) is 6.24. The number of amides is 1. The molecule has 6 rings (SSSR count). The molecular weight excluding hydrogens is 466 g/mol. The van der Waals surface area contributed by atoms with Gasteiger partial charge in [0.05, 0.1) is 5.52 Å². The normalized spacial score (nSPS) is 12.8. The van der Waals surface area contributed by atoms with E-state index in [0.29, 0.717) is 46.5 Å². The van der Waals surface area contributed by atoms with E-state index in [4.69, 9.17) is 5.73 Å². The van der Waals surface area contributed by atoms with Gasteiger partial charge in [0.25, 0.3) is 5.91 Å². The van der Waals surface area contributed by atoms with E-state index in [0.717, 1.165) is 23.3 Å². The summed E-state index contributed by atoms with van der Waals surface area (Å²) in [5.74, 6) is -1.98. The van der Waals surface area contributed by atoms with E-state index in [1.54, 1.807) is 23.1 Å². The van der Waals surface area contributed by atoms with Crippen LogP contribution in [0.15, 0.2) is 54.6 Å². The lowest BCUT2D eigenvalue weighted by Gasteiger charge is -2.17. The molecule has 2 aromatic heterocycles. The standard InChI is InChI=1S/C25H18F2N8O/c26-19-8-16(9-22-31-33-34-32-22)17(10-20(19)27)13-5-6-21-18(7-13)23(30-25(28)29-21)24(36)35-11-14-3-1-2-4-15(14)12-35/h1-8,10H,9,11-12H2,(H2,28,29,30)(H,31,32,33,34). The van der Waals surface area contributed by atoms with Crippen LogP contribution in [-0.4, -0.2) is 41.4 Å². The second-order valence-corrected chi connectivity index (χ2v) is 8.52. The van der Waals surface area contributed by atoms with Gasteiger partial charge in [0.2, 0.25) is 5.95 Å². The van der Waals surface area contributed by atoms with Crippen molar-refractivity contribution in [3.05, 3.63) is 94.4 Å². The Bertz CT molecular complexity index is 1610. The lowest BCUT2D eigenvalue weighted by Crippen LogP contribution is -2.27. The van der Waals surface area contributed by atoms with Crippen molar-refractivity contribution in [1.82, 2.24) is 35.5 Å². The molecule has 1 aliphatic rings. The number of nitrogens with two attached hydrogens (primary N) is 1. The first kappa shape index (κ1) is 21.7. The fourth-order valence-corrected chi connectivity index (χ4v) is 4.53. The van der Waals surface area contributed by atoms with Crippen LogP contribution in [0, 0.1) is 11.6 Å². The number of carbonyl (C=O) groups excluding carboxylic acids is 1. The van der Waals surface area contributed by atoms with E-state index < -0.39 is 11.6 Å². The van der Waals surface area contributed by atoms with Gasteiger partial charge in [-0.25, -0.2) is 18.7 Å². The zero-order valence-electron chi connectivity index (χ0n) is 18.7. The molecule has 0 radical (unpaired) electrons. The van der Waals surface area contributed by atoms with E-state index >= 15 is 0 Å². The van der Waals surface area contributed by atoms with E-state index in [9.17, 15) is 13.6 Å². The predicted octanol–water partition coefficient (Wildman–Crippen LogP) is 3.42. The summed E-state index contributed by atoms with van der Waals surface area (Å²) in [7, 11) is 0. The Kier molecular flexibility index (Phi) is 5.10. The molecular formula is C25H18F2N8O. The Labute approximate surface area is 203 Å². The summed E-state index contributed by atoms with van der Waals surface area (Å²) in [5, 5.41) is 14.1. The van der Waals surface area contributed by atoms with Crippen molar-refractivity contribution >= 4 is 22.8 Å². The number of rotatable bonds is 4. The van der Waals surface area contributed by atoms with Crippen LogP contribution in [-0.2, 0) is 19.5 Å². The first-order valence-corrected chi connectivity index (χ1v) is 11.1. The minimum absolute atomic E-state index is 0.0269. The molecule has 0 bridgehead atoms. The number of hydrogen-bond donors (Lipinski definition) is 2. The number of nitrogens with zero attached hydrogens (tertiary/aromatic N) is 6. The maximum atomic E-state index is 14.3. The number of nitrogen functional groups attached to an aromatic ring is 1. The number of carbonyl (C=O) groups is 1. The molecule has 3 N–H and O–H groups in total. The molecule has 0 fully saturated rings. The number of hydrogen-bond acceptors (Lipinski definition) is 7. The second-order valence-electron chi connectivity index (χ2n) is 8.52. The monoisotopic (exact) mass is 484 g/mol. The van der Waals surface area contributed by atoms with Crippen LogP contribution in [0.5, 0.6) is 0 Å². The highest BCUT2D eigenvalue weighted by atomic mass is 19.2. The summed E-state index contributed by atoms with van der Waals surface area (Å²) >= 11 is 0. The van der Waals surface area contributed by atoms with Crippen LogP contribution in [0.3, 0.4) is 0 Å². The number of aromatic nitrogens is 6. The zero-order chi connectivity index (χ0) is 24.8. The Morgan fingerprint density at radius 1 is 1.00 bits per heavy atom. The number of benzene rings is 3. The van der Waals surface area contributed by atoms with Gasteiger partial charge >= 0.3 is 0 Å². The quantitative estimate of drug-likeness (QED) is 0.400. The third-order valence-corrected chi connectivity index (χ3v) is 6.24. The highest BCUT2D eigenvalue weighted by Gasteiger charge is 2.27. The molecule has 3 heterocycles. The van der Waals surface area contributed by atoms with Crippen LogP contribution < -0.4 is 5.73 Å². The topological polar surface area (TPSA) is 127 Å². The van der Waals surface area contributed by atoms with Gasteiger partial charge in [-0.2, -0.15) is 5.21 Å². The maximum Gasteiger partial charge on any atom is 0.273 e. The van der Waals surface area contributed by atoms with E-state index in [-0.39, 0.29) is 24.0 Å². The van der Waals surface area contributed by atoms with E-state index in [1.807, 2.05) is 24.3 Å². The van der Waals surface area contributed by atoms with Crippen LogP contribution in [0.1, 0.15) is 33.0 Å². The Morgan fingerprint density at radius 3 is 2.47 bits per heavy atom. The van der Waals surface area contributed by atoms with E-state index in [1.165, 1.54) is 0 Å². The molecule has 1 amide bonds. The summed E-state index contributed by atoms with van der Waals surface area (Å²) in [6.07, 6.45) is 0.122. The third kappa shape index (κ3) is 3.80. The minimum Gasteiger partial charge on any atom is -0.368 e. The number of halogens is 2. The maximum absolute atomic E-state index is 14.3. The molecule has 178 valence electrons. The number of anilines is 1. The number of nitrogens with one attached hydrogen (secondary N) is 1. The molecule has 9 nitrogen and oxygen atoms in total. The average molecular weight is 484 g/mol. The van der Waals surface area contributed by atoms with Gasteiger partial charge in [0, 0.05) is 24.9 Å². The Morgan fingerprint density at radius 2 is 1.75 bits per heavy atom. The van der Waals surface area contributed by atoms with Crippen molar-refractivity contribution < 1.29 is 13.6 Å². The second kappa shape index (κ2) is 8.45. The number of aromatic amines is 1. The van der Waals surface area contributed by atoms with Crippen molar-refractivity contribution in [3.63, 3.8) is 0 Å². The van der Waals surface area contributed by atoms with Gasteiger partial charge in [0.1, 0.15) is 5.69 Å². The number of H-pyrrole nitrogens is 1. The van der Waals surface area contributed by atoms with Crippen LogP contribution in [0.4, 0.5) is 14.7 Å². The lowest BCUT2D eigenvalue weighted by atomic mass is 9.95. The molecule has 3 aromatic carbocycles.